The van der Waals surface area contributed by atoms with Crippen LogP contribution in [0, 0.1) is 5.92 Å². The smallest absolute Gasteiger partial charge is 0.369 e. The molecule has 1 aliphatic rings. The zero-order valence-corrected chi connectivity index (χ0v) is 20.1. The van der Waals surface area contributed by atoms with Crippen LogP contribution in [0.5, 0.6) is 0 Å². The summed E-state index contributed by atoms with van der Waals surface area (Å²) in [6, 6.07) is 5.45. The Labute approximate surface area is 201 Å². The van der Waals surface area contributed by atoms with Crippen molar-refractivity contribution in [2.24, 2.45) is 5.92 Å². The van der Waals surface area contributed by atoms with Crippen molar-refractivity contribution < 1.29 is 22.8 Å². The maximum absolute atomic E-state index is 12.9. The average molecular weight is 498 g/mol. The number of thiazole rings is 1. The van der Waals surface area contributed by atoms with E-state index in [9.17, 15) is 22.8 Å². The SMILES string of the molecule is CC(C)C(=O)Nc1nc(CC(=O)NCCCN2CCN(c3cccc(C(F)(F)F)c3)CC2)cs1. The molecule has 0 radical (unpaired) electrons. The summed E-state index contributed by atoms with van der Waals surface area (Å²) in [5, 5.41) is 7.87. The van der Waals surface area contributed by atoms with Crippen LogP contribution in [0.1, 0.15) is 31.5 Å². The van der Waals surface area contributed by atoms with E-state index in [2.05, 4.69) is 20.5 Å². The maximum Gasteiger partial charge on any atom is 0.416 e. The van der Waals surface area contributed by atoms with Crippen molar-refractivity contribution in [1.29, 1.82) is 0 Å². The van der Waals surface area contributed by atoms with Gasteiger partial charge >= 0.3 is 6.18 Å². The first-order chi connectivity index (χ1) is 16.1. The van der Waals surface area contributed by atoms with E-state index in [0.29, 0.717) is 36.1 Å². The predicted octanol–water partition coefficient (Wildman–Crippen LogP) is 3.63. The summed E-state index contributed by atoms with van der Waals surface area (Å²) in [5.74, 6) is -0.374. The first-order valence-corrected chi connectivity index (χ1v) is 12.2. The highest BCUT2D eigenvalue weighted by Crippen LogP contribution is 2.31. The van der Waals surface area contributed by atoms with Crippen molar-refractivity contribution in [2.75, 3.05) is 49.5 Å². The number of benzene rings is 1. The van der Waals surface area contributed by atoms with Crippen LogP contribution in [-0.4, -0.2) is 61.0 Å². The lowest BCUT2D eigenvalue weighted by atomic mass is 10.1. The molecule has 1 saturated heterocycles. The second kappa shape index (κ2) is 11.7. The molecule has 11 heteroatoms. The number of anilines is 2. The van der Waals surface area contributed by atoms with Crippen molar-refractivity contribution in [2.45, 2.75) is 32.9 Å². The minimum atomic E-state index is -4.34. The average Bonchev–Trinajstić information content (AvgIpc) is 3.23. The number of rotatable bonds is 9. The highest BCUT2D eigenvalue weighted by Gasteiger charge is 2.31. The normalized spacial score (nSPS) is 14.9. The third kappa shape index (κ3) is 7.69. The Hall–Kier alpha value is -2.66. The number of nitrogens with one attached hydrogen (secondary N) is 2. The molecule has 0 saturated carbocycles. The van der Waals surface area contributed by atoms with Crippen LogP contribution in [0.3, 0.4) is 0 Å². The van der Waals surface area contributed by atoms with Crippen LogP contribution >= 0.6 is 11.3 Å². The van der Waals surface area contributed by atoms with Crippen molar-refractivity contribution in [3.05, 3.63) is 40.9 Å². The van der Waals surface area contributed by atoms with Gasteiger partial charge in [0, 0.05) is 49.7 Å². The van der Waals surface area contributed by atoms with Gasteiger partial charge in [0.05, 0.1) is 17.7 Å². The Morgan fingerprint density at radius 2 is 1.91 bits per heavy atom. The Kier molecular flexibility index (Phi) is 8.90. The highest BCUT2D eigenvalue weighted by molar-refractivity contribution is 7.13. The molecule has 0 bridgehead atoms. The molecule has 0 aliphatic carbocycles. The van der Waals surface area contributed by atoms with Gasteiger partial charge in [0.15, 0.2) is 5.13 Å². The number of alkyl halides is 3. The number of carbonyl (C=O) groups excluding carboxylic acids is 2. The lowest BCUT2D eigenvalue weighted by molar-refractivity contribution is -0.137. The van der Waals surface area contributed by atoms with E-state index < -0.39 is 11.7 Å². The second-order valence-electron chi connectivity index (χ2n) is 8.55. The molecule has 1 aliphatic heterocycles. The summed E-state index contributed by atoms with van der Waals surface area (Å²) in [5.41, 5.74) is 0.584. The van der Waals surface area contributed by atoms with Gasteiger partial charge in [0.25, 0.3) is 0 Å². The monoisotopic (exact) mass is 497 g/mol. The van der Waals surface area contributed by atoms with E-state index in [1.807, 2.05) is 4.90 Å². The molecule has 1 fully saturated rings. The van der Waals surface area contributed by atoms with Crippen LogP contribution in [0.4, 0.5) is 24.0 Å². The fraction of sp³-hybridized carbons (Fsp3) is 0.522. The van der Waals surface area contributed by atoms with Gasteiger partial charge < -0.3 is 15.5 Å². The van der Waals surface area contributed by atoms with E-state index >= 15 is 0 Å². The van der Waals surface area contributed by atoms with Crippen LogP contribution in [0.25, 0.3) is 0 Å². The molecular weight excluding hydrogens is 467 g/mol. The van der Waals surface area contributed by atoms with Crippen molar-refractivity contribution >= 4 is 34.0 Å². The molecule has 2 amide bonds. The third-order valence-corrected chi connectivity index (χ3v) is 6.34. The number of piperazine rings is 1. The predicted molar refractivity (Wildman–Crippen MR) is 127 cm³/mol. The lowest BCUT2D eigenvalue weighted by Gasteiger charge is -2.36. The fourth-order valence-corrected chi connectivity index (χ4v) is 4.27. The van der Waals surface area contributed by atoms with E-state index in [4.69, 9.17) is 0 Å². The Morgan fingerprint density at radius 3 is 2.59 bits per heavy atom. The minimum Gasteiger partial charge on any atom is -0.369 e. The second-order valence-corrected chi connectivity index (χ2v) is 9.40. The first-order valence-electron chi connectivity index (χ1n) is 11.3. The number of carbonyl (C=O) groups is 2. The fourth-order valence-electron chi connectivity index (χ4n) is 3.56. The minimum absolute atomic E-state index is 0.110. The van der Waals surface area contributed by atoms with Gasteiger partial charge in [-0.25, -0.2) is 4.98 Å². The number of aromatic nitrogens is 1. The summed E-state index contributed by atoms with van der Waals surface area (Å²) in [7, 11) is 0. The molecular formula is C23H30F3N5O2S. The lowest BCUT2D eigenvalue weighted by Crippen LogP contribution is -2.47. The summed E-state index contributed by atoms with van der Waals surface area (Å²) in [6.45, 7) is 7.77. The molecule has 186 valence electrons. The van der Waals surface area contributed by atoms with Crippen LogP contribution < -0.4 is 15.5 Å². The van der Waals surface area contributed by atoms with Gasteiger partial charge in [-0.05, 0) is 31.2 Å². The first kappa shape index (κ1) is 26.0. The van der Waals surface area contributed by atoms with Crippen LogP contribution in [-0.2, 0) is 22.2 Å². The summed E-state index contributed by atoms with van der Waals surface area (Å²) >= 11 is 1.30. The quantitative estimate of drug-likeness (QED) is 0.518. The third-order valence-electron chi connectivity index (χ3n) is 5.53. The molecule has 0 spiro atoms. The van der Waals surface area contributed by atoms with Crippen molar-refractivity contribution in [1.82, 2.24) is 15.2 Å². The van der Waals surface area contributed by atoms with Crippen molar-refractivity contribution in [3.8, 4) is 0 Å². The Morgan fingerprint density at radius 1 is 1.18 bits per heavy atom. The summed E-state index contributed by atoms with van der Waals surface area (Å²) in [4.78, 5) is 32.4. The van der Waals surface area contributed by atoms with Crippen LogP contribution in [0.2, 0.25) is 0 Å². The molecule has 34 heavy (non-hydrogen) atoms. The largest absolute Gasteiger partial charge is 0.416 e. The van der Waals surface area contributed by atoms with Gasteiger partial charge in [-0.3, -0.25) is 14.5 Å². The molecule has 2 heterocycles. The van der Waals surface area contributed by atoms with Gasteiger partial charge in [0.2, 0.25) is 11.8 Å². The topological polar surface area (TPSA) is 77.6 Å². The van der Waals surface area contributed by atoms with E-state index in [1.165, 1.54) is 23.5 Å². The van der Waals surface area contributed by atoms with E-state index in [0.717, 1.165) is 32.1 Å². The Balaban J connectivity index is 1.33. The van der Waals surface area contributed by atoms with Gasteiger partial charge in [-0.2, -0.15) is 13.2 Å². The molecule has 1 aromatic heterocycles. The molecule has 7 nitrogen and oxygen atoms in total. The zero-order chi connectivity index (χ0) is 24.7. The number of halogens is 3. The van der Waals surface area contributed by atoms with E-state index in [-0.39, 0.29) is 24.2 Å². The molecule has 2 aromatic rings. The maximum atomic E-state index is 12.9. The summed E-state index contributed by atoms with van der Waals surface area (Å²) in [6.07, 6.45) is -3.40. The zero-order valence-electron chi connectivity index (χ0n) is 19.3. The van der Waals surface area contributed by atoms with Gasteiger partial charge in [-0.1, -0.05) is 19.9 Å². The molecule has 2 N–H and O–H groups in total. The number of amides is 2. The highest BCUT2D eigenvalue weighted by atomic mass is 32.1. The number of hydrogen-bond acceptors (Lipinski definition) is 6. The Bertz CT molecular complexity index is 972. The van der Waals surface area contributed by atoms with Crippen LogP contribution in [0.15, 0.2) is 29.6 Å². The van der Waals surface area contributed by atoms with Crippen molar-refractivity contribution in [3.63, 3.8) is 0 Å². The number of nitrogens with zero attached hydrogens (tertiary/aromatic N) is 3. The molecule has 0 unspecified atom stereocenters. The van der Waals surface area contributed by atoms with Gasteiger partial charge in [0.1, 0.15) is 0 Å². The standard InChI is InChI=1S/C23H30F3N5O2S/c1-16(2)21(33)29-22-28-18(15-34-22)14-20(32)27-7-4-8-30-9-11-31(12-10-30)19-6-3-5-17(13-19)23(24,25)26/h3,5-6,13,15-16H,4,7-12,14H2,1-2H3,(H,27,32)(H,28,29,33). The number of hydrogen-bond donors (Lipinski definition) is 2. The van der Waals surface area contributed by atoms with Gasteiger partial charge in [-0.15, -0.1) is 11.3 Å². The van der Waals surface area contributed by atoms with E-state index in [1.54, 1.807) is 25.3 Å². The summed E-state index contributed by atoms with van der Waals surface area (Å²) < 4.78 is 38.8. The molecule has 1 aromatic carbocycles. The molecule has 0 atom stereocenters. The molecule has 3 rings (SSSR count).